The molecule has 0 aliphatic carbocycles. The number of hydrogen-bond acceptors (Lipinski definition) is 6. The summed E-state index contributed by atoms with van der Waals surface area (Å²) in [5.74, 6) is -0.736. The number of nitrogens with one attached hydrogen (secondary N) is 1. The Labute approximate surface area is 215 Å². The van der Waals surface area contributed by atoms with Crippen molar-refractivity contribution < 1.29 is 27.5 Å². The molecule has 3 aromatic carbocycles. The quantitative estimate of drug-likeness (QED) is 0.384. The molecular weight excluding hydrogens is 504 g/mol. The van der Waals surface area contributed by atoms with Gasteiger partial charge in [0, 0.05) is 10.7 Å². The Bertz CT molecular complexity index is 1330. The van der Waals surface area contributed by atoms with Gasteiger partial charge in [-0.3, -0.25) is 13.9 Å². The number of esters is 1. The van der Waals surface area contributed by atoms with Gasteiger partial charge in [-0.25, -0.2) is 8.42 Å². The number of rotatable bonds is 10. The van der Waals surface area contributed by atoms with Crippen LogP contribution < -0.4 is 14.4 Å². The minimum atomic E-state index is -4.19. The SMILES string of the molecule is CCOC(=O)Cc1ccc(NC(=O)CN(c2ccc(Cl)cc2)S(=O)(=O)c2cc(C)ccc2OC)cc1. The third-order valence-corrected chi connectivity index (χ3v) is 7.23. The first-order valence-corrected chi connectivity index (χ1v) is 12.9. The van der Waals surface area contributed by atoms with Crippen molar-refractivity contribution in [3.05, 3.63) is 82.9 Å². The van der Waals surface area contributed by atoms with E-state index in [1.807, 2.05) is 0 Å². The summed E-state index contributed by atoms with van der Waals surface area (Å²) >= 11 is 5.99. The predicted octanol–water partition coefficient (Wildman–Crippen LogP) is 4.60. The number of carbonyl (C=O) groups excluding carboxylic acids is 2. The zero-order valence-corrected chi connectivity index (χ0v) is 21.7. The maximum absolute atomic E-state index is 13.7. The van der Waals surface area contributed by atoms with Crippen LogP contribution in [0.3, 0.4) is 0 Å². The molecule has 0 aliphatic heterocycles. The number of sulfonamides is 1. The molecule has 36 heavy (non-hydrogen) atoms. The lowest BCUT2D eigenvalue weighted by Crippen LogP contribution is -2.38. The van der Waals surface area contributed by atoms with Crippen LogP contribution in [0.4, 0.5) is 11.4 Å². The number of nitrogens with zero attached hydrogens (tertiary/aromatic N) is 1. The lowest BCUT2D eigenvalue weighted by Gasteiger charge is -2.25. The van der Waals surface area contributed by atoms with Crippen molar-refractivity contribution in [2.24, 2.45) is 0 Å². The second kappa shape index (κ2) is 11.9. The molecule has 0 bridgehead atoms. The van der Waals surface area contributed by atoms with Crippen molar-refractivity contribution in [2.45, 2.75) is 25.2 Å². The van der Waals surface area contributed by atoms with E-state index >= 15 is 0 Å². The highest BCUT2D eigenvalue weighted by Crippen LogP contribution is 2.31. The van der Waals surface area contributed by atoms with Crippen LogP contribution in [0.1, 0.15) is 18.1 Å². The van der Waals surface area contributed by atoms with Crippen LogP contribution in [0.25, 0.3) is 0 Å². The number of anilines is 2. The third kappa shape index (κ3) is 6.77. The molecule has 0 saturated carbocycles. The molecule has 1 amide bonds. The van der Waals surface area contributed by atoms with Gasteiger partial charge in [-0.05, 0) is 73.5 Å². The number of benzene rings is 3. The molecule has 0 fully saturated rings. The Morgan fingerprint density at radius 1 is 1.00 bits per heavy atom. The molecule has 3 rings (SSSR count). The highest BCUT2D eigenvalue weighted by atomic mass is 35.5. The van der Waals surface area contributed by atoms with E-state index in [0.29, 0.717) is 17.3 Å². The van der Waals surface area contributed by atoms with Crippen LogP contribution in [0, 0.1) is 6.92 Å². The first-order chi connectivity index (χ1) is 17.1. The number of aryl methyl sites for hydroxylation is 1. The predicted molar refractivity (Wildman–Crippen MR) is 139 cm³/mol. The number of carbonyl (C=O) groups is 2. The van der Waals surface area contributed by atoms with Crippen molar-refractivity contribution >= 4 is 44.9 Å². The van der Waals surface area contributed by atoms with Crippen LogP contribution in [0.2, 0.25) is 5.02 Å². The molecule has 3 aromatic rings. The minimum absolute atomic E-state index is 0.0592. The number of methoxy groups -OCH3 is 1. The highest BCUT2D eigenvalue weighted by molar-refractivity contribution is 7.93. The summed E-state index contributed by atoms with van der Waals surface area (Å²) in [4.78, 5) is 24.6. The van der Waals surface area contributed by atoms with Gasteiger partial charge in [-0.1, -0.05) is 29.8 Å². The number of amides is 1. The van der Waals surface area contributed by atoms with E-state index in [2.05, 4.69) is 5.32 Å². The number of halogens is 1. The molecule has 10 heteroatoms. The second-order valence-electron chi connectivity index (χ2n) is 7.87. The second-order valence-corrected chi connectivity index (χ2v) is 10.1. The first-order valence-electron chi connectivity index (χ1n) is 11.1. The van der Waals surface area contributed by atoms with Crippen LogP contribution in [0.5, 0.6) is 5.75 Å². The Balaban J connectivity index is 1.87. The topological polar surface area (TPSA) is 102 Å². The van der Waals surface area contributed by atoms with Crippen molar-refractivity contribution in [3.8, 4) is 5.75 Å². The molecule has 190 valence electrons. The zero-order valence-electron chi connectivity index (χ0n) is 20.2. The van der Waals surface area contributed by atoms with Crippen molar-refractivity contribution in [3.63, 3.8) is 0 Å². The molecule has 0 radical (unpaired) electrons. The van der Waals surface area contributed by atoms with E-state index in [1.54, 1.807) is 62.4 Å². The largest absolute Gasteiger partial charge is 0.495 e. The van der Waals surface area contributed by atoms with Crippen molar-refractivity contribution in [2.75, 3.05) is 29.9 Å². The average Bonchev–Trinajstić information content (AvgIpc) is 2.84. The van der Waals surface area contributed by atoms with Crippen molar-refractivity contribution in [1.29, 1.82) is 0 Å². The van der Waals surface area contributed by atoms with Crippen LogP contribution >= 0.6 is 11.6 Å². The van der Waals surface area contributed by atoms with E-state index < -0.39 is 22.5 Å². The molecular formula is C26H27ClN2O6S. The third-order valence-electron chi connectivity index (χ3n) is 5.18. The van der Waals surface area contributed by atoms with Gasteiger partial charge in [0.1, 0.15) is 17.2 Å². The van der Waals surface area contributed by atoms with Gasteiger partial charge in [-0.15, -0.1) is 0 Å². The van der Waals surface area contributed by atoms with E-state index in [0.717, 1.165) is 15.4 Å². The number of hydrogen-bond donors (Lipinski definition) is 1. The molecule has 0 spiro atoms. The standard InChI is InChI=1S/C26H27ClN2O6S/c1-4-35-26(31)16-19-6-10-21(11-7-19)28-25(30)17-29(22-12-8-20(27)9-13-22)36(32,33)24-15-18(2)5-14-23(24)34-3/h5-15H,4,16-17H2,1-3H3,(H,28,30). The lowest BCUT2D eigenvalue weighted by molar-refractivity contribution is -0.142. The summed E-state index contributed by atoms with van der Waals surface area (Å²) in [7, 11) is -2.81. The Morgan fingerprint density at radius 3 is 2.28 bits per heavy atom. The van der Waals surface area contributed by atoms with Gasteiger partial charge in [0.25, 0.3) is 10.0 Å². The summed E-state index contributed by atoms with van der Waals surface area (Å²) in [6.45, 7) is 3.31. The maximum atomic E-state index is 13.7. The fourth-order valence-corrected chi connectivity index (χ4v) is 5.23. The lowest BCUT2D eigenvalue weighted by atomic mass is 10.1. The normalized spacial score (nSPS) is 11.0. The molecule has 0 heterocycles. The van der Waals surface area contributed by atoms with Crippen LogP contribution in [-0.2, 0) is 30.8 Å². The van der Waals surface area contributed by atoms with Crippen molar-refractivity contribution in [1.82, 2.24) is 0 Å². The Kier molecular flexibility index (Phi) is 8.95. The summed E-state index contributed by atoms with van der Waals surface area (Å²) in [6, 6.07) is 17.6. The van der Waals surface area contributed by atoms with E-state index in [-0.39, 0.29) is 28.7 Å². The van der Waals surface area contributed by atoms with Gasteiger partial charge in [0.05, 0.1) is 25.8 Å². The van der Waals surface area contributed by atoms with E-state index in [9.17, 15) is 18.0 Å². The molecule has 0 atom stereocenters. The van der Waals surface area contributed by atoms with E-state index in [4.69, 9.17) is 21.1 Å². The van der Waals surface area contributed by atoms with Gasteiger partial charge >= 0.3 is 5.97 Å². The summed E-state index contributed by atoms with van der Waals surface area (Å²) in [5.41, 5.74) is 2.17. The fraction of sp³-hybridized carbons (Fsp3) is 0.231. The smallest absolute Gasteiger partial charge is 0.310 e. The molecule has 0 saturated heterocycles. The summed E-state index contributed by atoms with van der Waals surface area (Å²) < 4.78 is 38.7. The monoisotopic (exact) mass is 530 g/mol. The molecule has 0 unspecified atom stereocenters. The first kappa shape index (κ1) is 27.0. The minimum Gasteiger partial charge on any atom is -0.495 e. The molecule has 0 aliphatic rings. The summed E-state index contributed by atoms with van der Waals surface area (Å²) in [5, 5.41) is 3.13. The summed E-state index contributed by atoms with van der Waals surface area (Å²) in [6.07, 6.45) is 0.114. The van der Waals surface area contributed by atoms with Gasteiger partial charge in [0.15, 0.2) is 0 Å². The molecule has 0 aromatic heterocycles. The highest BCUT2D eigenvalue weighted by Gasteiger charge is 2.30. The maximum Gasteiger partial charge on any atom is 0.310 e. The average molecular weight is 531 g/mol. The van der Waals surface area contributed by atoms with Gasteiger partial charge < -0.3 is 14.8 Å². The van der Waals surface area contributed by atoms with Gasteiger partial charge in [0.2, 0.25) is 5.91 Å². The van der Waals surface area contributed by atoms with Crippen LogP contribution in [0.15, 0.2) is 71.6 Å². The fourth-order valence-electron chi connectivity index (χ4n) is 3.44. The molecule has 1 N–H and O–H groups in total. The van der Waals surface area contributed by atoms with Gasteiger partial charge in [-0.2, -0.15) is 0 Å². The Morgan fingerprint density at radius 2 is 1.67 bits per heavy atom. The van der Waals surface area contributed by atoms with E-state index in [1.165, 1.54) is 25.3 Å². The zero-order chi connectivity index (χ0) is 26.3. The van der Waals surface area contributed by atoms with Crippen LogP contribution in [-0.4, -0.2) is 40.6 Å². The number of ether oxygens (including phenoxy) is 2. The molecule has 8 nitrogen and oxygen atoms in total. The Hall–Kier alpha value is -3.56.